The van der Waals surface area contributed by atoms with Gasteiger partial charge in [0.1, 0.15) is 6.04 Å². The molecule has 2 atom stereocenters. The minimum atomic E-state index is -1.44. The number of aliphatic carboxylic acids is 1. The fraction of sp³-hybridized carbons (Fsp3) is 0.600. The summed E-state index contributed by atoms with van der Waals surface area (Å²) in [6.45, 7) is -1.64. The van der Waals surface area contributed by atoms with Crippen LogP contribution in [0.2, 0.25) is 0 Å². The number of carboxylic acid groups (broad SMARTS) is 1. The first-order valence-electron chi connectivity index (χ1n) is 5.85. The Balaban J connectivity index is 4.00. The Morgan fingerprint density at radius 2 is 1.67 bits per heavy atom. The summed E-state index contributed by atoms with van der Waals surface area (Å²) in [4.78, 5) is 44.4. The van der Waals surface area contributed by atoms with Crippen LogP contribution in [-0.2, 0) is 19.2 Å². The standard InChI is InChI=1S/C10H18N4O6S/c11-5(4-21)9(18)13-1-7(16)12-2-8(17)14-6(3-15)10(19)20/h5-6,15,21H,1-4,11H2,(H,12,16)(H,13,18)(H,14,17)(H,19,20). The van der Waals surface area contributed by atoms with Crippen molar-refractivity contribution in [3.8, 4) is 0 Å². The van der Waals surface area contributed by atoms with Gasteiger partial charge in [-0.25, -0.2) is 4.79 Å². The highest BCUT2D eigenvalue weighted by molar-refractivity contribution is 7.80. The Kier molecular flexibility index (Phi) is 9.08. The Bertz CT molecular complexity index is 405. The molecule has 120 valence electrons. The van der Waals surface area contributed by atoms with E-state index in [0.29, 0.717) is 0 Å². The lowest BCUT2D eigenvalue weighted by molar-refractivity contribution is -0.142. The van der Waals surface area contributed by atoms with Crippen LogP contribution in [0.1, 0.15) is 0 Å². The molecule has 0 heterocycles. The SMILES string of the molecule is NC(CS)C(=O)NCC(=O)NCC(=O)NC(CO)C(=O)O. The van der Waals surface area contributed by atoms with Gasteiger partial charge in [0, 0.05) is 5.75 Å². The van der Waals surface area contributed by atoms with E-state index in [4.69, 9.17) is 15.9 Å². The first-order valence-corrected chi connectivity index (χ1v) is 6.49. The monoisotopic (exact) mass is 322 g/mol. The number of amides is 3. The van der Waals surface area contributed by atoms with Gasteiger partial charge >= 0.3 is 5.97 Å². The molecule has 7 N–H and O–H groups in total. The summed E-state index contributed by atoms with van der Waals surface area (Å²) in [5, 5.41) is 23.7. The third kappa shape index (κ3) is 8.12. The highest BCUT2D eigenvalue weighted by Gasteiger charge is 2.19. The van der Waals surface area contributed by atoms with Gasteiger partial charge in [-0.2, -0.15) is 12.6 Å². The zero-order chi connectivity index (χ0) is 16.4. The van der Waals surface area contributed by atoms with Gasteiger partial charge in [-0.05, 0) is 0 Å². The molecule has 0 radical (unpaired) electrons. The van der Waals surface area contributed by atoms with E-state index in [-0.39, 0.29) is 12.3 Å². The van der Waals surface area contributed by atoms with Crippen molar-refractivity contribution in [2.75, 3.05) is 25.4 Å². The maximum absolute atomic E-state index is 11.3. The lowest BCUT2D eigenvalue weighted by Crippen LogP contribution is -2.49. The fourth-order valence-electron chi connectivity index (χ4n) is 1.05. The minimum absolute atomic E-state index is 0.119. The van der Waals surface area contributed by atoms with Crippen molar-refractivity contribution in [1.82, 2.24) is 16.0 Å². The van der Waals surface area contributed by atoms with E-state index in [0.717, 1.165) is 0 Å². The summed E-state index contributed by atoms with van der Waals surface area (Å²) in [6.07, 6.45) is 0. The average molecular weight is 322 g/mol. The second-order valence-corrected chi connectivity index (χ2v) is 4.29. The molecule has 11 heteroatoms. The fourth-order valence-corrected chi connectivity index (χ4v) is 1.22. The van der Waals surface area contributed by atoms with E-state index in [1.807, 2.05) is 5.32 Å². The van der Waals surface area contributed by atoms with Gasteiger partial charge in [0.05, 0.1) is 25.7 Å². The van der Waals surface area contributed by atoms with Gasteiger partial charge < -0.3 is 31.9 Å². The summed E-state index contributed by atoms with van der Waals surface area (Å²) in [5.74, 6) is -3.28. The number of nitrogens with one attached hydrogen (secondary N) is 3. The molecule has 0 bridgehead atoms. The topological polar surface area (TPSA) is 171 Å². The predicted molar refractivity (Wildman–Crippen MR) is 74.5 cm³/mol. The Morgan fingerprint density at radius 1 is 1.10 bits per heavy atom. The molecule has 21 heavy (non-hydrogen) atoms. The van der Waals surface area contributed by atoms with Crippen LogP contribution in [0.25, 0.3) is 0 Å². The number of carbonyl (C=O) groups excluding carboxylic acids is 3. The van der Waals surface area contributed by atoms with Gasteiger partial charge in [0.2, 0.25) is 17.7 Å². The number of thiol groups is 1. The van der Waals surface area contributed by atoms with E-state index in [1.165, 1.54) is 0 Å². The molecule has 2 unspecified atom stereocenters. The lowest BCUT2D eigenvalue weighted by atomic mass is 10.3. The summed E-state index contributed by atoms with van der Waals surface area (Å²) in [6, 6.07) is -2.28. The van der Waals surface area contributed by atoms with Crippen LogP contribution in [0.3, 0.4) is 0 Å². The number of hydrogen-bond acceptors (Lipinski definition) is 7. The van der Waals surface area contributed by atoms with Crippen molar-refractivity contribution < 1.29 is 29.4 Å². The zero-order valence-corrected chi connectivity index (χ0v) is 11.9. The van der Waals surface area contributed by atoms with E-state index in [9.17, 15) is 19.2 Å². The summed E-state index contributed by atoms with van der Waals surface area (Å²) < 4.78 is 0. The summed E-state index contributed by atoms with van der Waals surface area (Å²) in [5.41, 5.74) is 5.36. The number of nitrogens with two attached hydrogens (primary N) is 1. The Labute approximate surface area is 125 Å². The molecule has 0 rings (SSSR count). The van der Waals surface area contributed by atoms with Crippen LogP contribution in [0.15, 0.2) is 0 Å². The van der Waals surface area contributed by atoms with Crippen LogP contribution in [0.5, 0.6) is 0 Å². The lowest BCUT2D eigenvalue weighted by Gasteiger charge is -2.12. The van der Waals surface area contributed by atoms with Crippen LogP contribution < -0.4 is 21.7 Å². The molecule has 0 spiro atoms. The quantitative estimate of drug-likeness (QED) is 0.212. The highest BCUT2D eigenvalue weighted by atomic mass is 32.1. The number of hydrogen-bond donors (Lipinski definition) is 7. The maximum Gasteiger partial charge on any atom is 0.328 e. The molecule has 0 aromatic heterocycles. The number of aliphatic hydroxyl groups is 1. The van der Waals surface area contributed by atoms with Crippen molar-refractivity contribution in [3.63, 3.8) is 0 Å². The van der Waals surface area contributed by atoms with Crippen LogP contribution in [-0.4, -0.2) is 71.4 Å². The Hall–Kier alpha value is -1.85. The van der Waals surface area contributed by atoms with Crippen molar-refractivity contribution in [2.24, 2.45) is 5.73 Å². The molecule has 0 saturated carbocycles. The van der Waals surface area contributed by atoms with Crippen molar-refractivity contribution in [2.45, 2.75) is 12.1 Å². The van der Waals surface area contributed by atoms with Gasteiger partial charge in [0.25, 0.3) is 0 Å². The van der Waals surface area contributed by atoms with Crippen LogP contribution >= 0.6 is 12.6 Å². The van der Waals surface area contributed by atoms with Gasteiger partial charge in [0.15, 0.2) is 0 Å². The molecule has 0 aliphatic carbocycles. The minimum Gasteiger partial charge on any atom is -0.480 e. The summed E-state index contributed by atoms with van der Waals surface area (Å²) in [7, 11) is 0. The van der Waals surface area contributed by atoms with Crippen molar-refractivity contribution >= 4 is 36.3 Å². The van der Waals surface area contributed by atoms with E-state index in [2.05, 4.69) is 23.3 Å². The molecule has 3 amide bonds. The molecule has 0 aliphatic heterocycles. The smallest absolute Gasteiger partial charge is 0.328 e. The molecule has 0 aromatic carbocycles. The van der Waals surface area contributed by atoms with Crippen molar-refractivity contribution in [1.29, 1.82) is 0 Å². The van der Waals surface area contributed by atoms with Crippen LogP contribution in [0.4, 0.5) is 0 Å². The number of carbonyl (C=O) groups is 4. The molecule has 0 saturated heterocycles. The molecular formula is C10H18N4O6S. The van der Waals surface area contributed by atoms with E-state index < -0.39 is 48.9 Å². The first kappa shape index (κ1) is 19.1. The van der Waals surface area contributed by atoms with E-state index >= 15 is 0 Å². The molecule has 10 nitrogen and oxygen atoms in total. The van der Waals surface area contributed by atoms with Crippen molar-refractivity contribution in [3.05, 3.63) is 0 Å². The molecular weight excluding hydrogens is 304 g/mol. The summed E-state index contributed by atoms with van der Waals surface area (Å²) >= 11 is 3.82. The number of carboxylic acids is 1. The molecule has 0 fully saturated rings. The third-order valence-corrected chi connectivity index (χ3v) is 2.61. The van der Waals surface area contributed by atoms with Gasteiger partial charge in [-0.3, -0.25) is 14.4 Å². The van der Waals surface area contributed by atoms with Crippen LogP contribution in [0, 0.1) is 0 Å². The normalized spacial score (nSPS) is 12.9. The maximum atomic E-state index is 11.3. The Morgan fingerprint density at radius 3 is 2.14 bits per heavy atom. The van der Waals surface area contributed by atoms with Gasteiger partial charge in [-0.1, -0.05) is 0 Å². The molecule has 0 aromatic rings. The second-order valence-electron chi connectivity index (χ2n) is 3.92. The largest absolute Gasteiger partial charge is 0.480 e. The van der Waals surface area contributed by atoms with E-state index in [1.54, 1.807) is 0 Å². The van der Waals surface area contributed by atoms with Gasteiger partial charge in [-0.15, -0.1) is 0 Å². The third-order valence-electron chi connectivity index (χ3n) is 2.22. The zero-order valence-electron chi connectivity index (χ0n) is 11.0. The number of rotatable bonds is 9. The number of aliphatic hydroxyl groups excluding tert-OH is 1. The average Bonchev–Trinajstić information content (AvgIpc) is 2.46. The second kappa shape index (κ2) is 9.96. The first-order chi connectivity index (χ1) is 9.81. The highest BCUT2D eigenvalue weighted by Crippen LogP contribution is 1.83. The predicted octanol–water partition coefficient (Wildman–Crippen LogP) is -3.96. The molecule has 0 aliphatic rings.